The molecule has 0 N–H and O–H groups in total. The minimum Gasteiger partial charge on any atom is -0.376 e. The Hall–Kier alpha value is -1.71. The number of thiazole rings is 1. The van der Waals surface area contributed by atoms with Gasteiger partial charge in [0, 0.05) is 17.9 Å². The lowest BCUT2D eigenvalue weighted by Gasteiger charge is -2.23. The summed E-state index contributed by atoms with van der Waals surface area (Å²) in [6, 6.07) is 9.47. The molecule has 1 amide bonds. The molecule has 0 saturated carbocycles. The summed E-state index contributed by atoms with van der Waals surface area (Å²) in [4.78, 5) is 19.7. The molecule has 1 saturated heterocycles. The van der Waals surface area contributed by atoms with Gasteiger partial charge in [-0.2, -0.15) is 0 Å². The number of aromatic nitrogens is 1. The number of ether oxygens (including phenoxy) is 1. The second kappa shape index (κ2) is 8.43. The van der Waals surface area contributed by atoms with Crippen LogP contribution in [0.4, 0.5) is 5.13 Å². The maximum absolute atomic E-state index is 13.4. The van der Waals surface area contributed by atoms with Gasteiger partial charge >= 0.3 is 0 Å². The monoisotopic (exact) mass is 484 g/mol. The van der Waals surface area contributed by atoms with Crippen LogP contribution in [0.2, 0.25) is 10.0 Å². The molecule has 1 atom stereocenters. The molecule has 0 bridgehead atoms. The average molecular weight is 485 g/mol. The third-order valence-corrected chi connectivity index (χ3v) is 7.54. The molecular weight excluding hydrogens is 467 g/mol. The minimum atomic E-state index is -3.35. The van der Waals surface area contributed by atoms with Gasteiger partial charge in [-0.05, 0) is 49.2 Å². The Morgan fingerprint density at radius 1 is 1.27 bits per heavy atom. The average Bonchev–Trinajstić information content (AvgIpc) is 3.35. The molecule has 0 radical (unpaired) electrons. The Kier molecular flexibility index (Phi) is 6.05. The predicted octanol–water partition coefficient (Wildman–Crippen LogP) is 4.83. The highest BCUT2D eigenvalue weighted by Crippen LogP contribution is 2.33. The number of rotatable bonds is 5. The third kappa shape index (κ3) is 4.48. The number of carbonyl (C=O) groups excluding carboxylic acids is 1. The Bertz CT molecular complexity index is 1220. The normalized spacial score (nSPS) is 16.8. The van der Waals surface area contributed by atoms with Gasteiger partial charge in [-0.3, -0.25) is 9.69 Å². The number of nitrogens with zero attached hydrogens (tertiary/aromatic N) is 2. The van der Waals surface area contributed by atoms with E-state index < -0.39 is 9.84 Å². The van der Waals surface area contributed by atoms with Crippen molar-refractivity contribution in [2.75, 3.05) is 24.3 Å². The highest BCUT2D eigenvalue weighted by molar-refractivity contribution is 7.90. The molecule has 1 aromatic heterocycles. The van der Waals surface area contributed by atoms with Crippen molar-refractivity contribution in [1.29, 1.82) is 0 Å². The van der Waals surface area contributed by atoms with Crippen LogP contribution in [0.15, 0.2) is 41.3 Å². The Balaban J connectivity index is 1.77. The van der Waals surface area contributed by atoms with Gasteiger partial charge in [0.2, 0.25) is 0 Å². The summed E-state index contributed by atoms with van der Waals surface area (Å²) in [5.74, 6) is -0.333. The van der Waals surface area contributed by atoms with Crippen molar-refractivity contribution >= 4 is 65.6 Å². The van der Waals surface area contributed by atoms with Gasteiger partial charge in [-0.15, -0.1) is 0 Å². The maximum atomic E-state index is 13.4. The summed E-state index contributed by atoms with van der Waals surface area (Å²) in [6.07, 6.45) is 2.83. The number of hydrogen-bond donors (Lipinski definition) is 0. The van der Waals surface area contributed by atoms with Crippen LogP contribution < -0.4 is 4.90 Å². The first-order chi connectivity index (χ1) is 14.2. The van der Waals surface area contributed by atoms with Crippen LogP contribution in [0, 0.1) is 0 Å². The topological polar surface area (TPSA) is 76.6 Å². The zero-order valence-corrected chi connectivity index (χ0v) is 19.1. The smallest absolute Gasteiger partial charge is 0.261 e. The quantitative estimate of drug-likeness (QED) is 0.517. The fraction of sp³-hybridized carbons (Fsp3) is 0.300. The van der Waals surface area contributed by atoms with Crippen LogP contribution in [-0.2, 0) is 14.6 Å². The molecular formula is C20H18Cl2N2O4S2. The van der Waals surface area contributed by atoms with E-state index in [4.69, 9.17) is 27.9 Å². The van der Waals surface area contributed by atoms with Gasteiger partial charge in [0.1, 0.15) is 0 Å². The predicted molar refractivity (Wildman–Crippen MR) is 120 cm³/mol. The van der Waals surface area contributed by atoms with E-state index in [0.29, 0.717) is 38.5 Å². The van der Waals surface area contributed by atoms with Crippen molar-refractivity contribution in [3.63, 3.8) is 0 Å². The first-order valence-corrected chi connectivity index (χ1v) is 12.7. The van der Waals surface area contributed by atoms with E-state index in [0.717, 1.165) is 19.1 Å². The van der Waals surface area contributed by atoms with Crippen LogP contribution in [0.1, 0.15) is 23.2 Å². The van der Waals surface area contributed by atoms with Crippen molar-refractivity contribution in [2.24, 2.45) is 0 Å². The van der Waals surface area contributed by atoms with E-state index in [-0.39, 0.29) is 22.5 Å². The lowest BCUT2D eigenvalue weighted by atomic mass is 10.1. The summed E-state index contributed by atoms with van der Waals surface area (Å²) in [6.45, 7) is 0.975. The van der Waals surface area contributed by atoms with Crippen LogP contribution in [0.25, 0.3) is 10.2 Å². The van der Waals surface area contributed by atoms with Crippen molar-refractivity contribution in [1.82, 2.24) is 4.98 Å². The molecule has 1 aliphatic heterocycles. The maximum Gasteiger partial charge on any atom is 0.261 e. The van der Waals surface area contributed by atoms with Crippen LogP contribution in [0.3, 0.4) is 0 Å². The largest absolute Gasteiger partial charge is 0.376 e. The Labute approximate surface area is 188 Å². The second-order valence-electron chi connectivity index (χ2n) is 7.07. The lowest BCUT2D eigenvalue weighted by Crippen LogP contribution is -2.37. The number of benzene rings is 2. The van der Waals surface area contributed by atoms with Crippen LogP contribution >= 0.6 is 34.5 Å². The fourth-order valence-corrected chi connectivity index (χ4v) is 5.39. The van der Waals surface area contributed by atoms with Gasteiger partial charge in [-0.25, -0.2) is 13.4 Å². The van der Waals surface area contributed by atoms with Crippen LogP contribution in [-0.4, -0.2) is 44.8 Å². The Morgan fingerprint density at radius 3 is 2.77 bits per heavy atom. The number of anilines is 1. The zero-order valence-electron chi connectivity index (χ0n) is 16.0. The first-order valence-electron chi connectivity index (χ1n) is 9.21. The molecule has 10 heteroatoms. The molecule has 30 heavy (non-hydrogen) atoms. The zero-order chi connectivity index (χ0) is 21.5. The molecule has 0 spiro atoms. The molecule has 2 heterocycles. The SMILES string of the molecule is CS(=O)(=O)c1ccc2nc(N(C[C@@H]3CCCO3)C(=O)c3cc(Cl)ccc3Cl)sc2c1. The summed E-state index contributed by atoms with van der Waals surface area (Å²) >= 11 is 13.6. The minimum absolute atomic E-state index is 0.106. The molecule has 3 aromatic rings. The van der Waals surface area contributed by atoms with E-state index in [1.807, 2.05) is 0 Å². The number of amides is 1. The van der Waals surface area contributed by atoms with Crippen molar-refractivity contribution in [3.05, 3.63) is 52.0 Å². The summed E-state index contributed by atoms with van der Waals surface area (Å²) in [5, 5.41) is 1.15. The van der Waals surface area contributed by atoms with Gasteiger partial charge in [-0.1, -0.05) is 34.5 Å². The van der Waals surface area contributed by atoms with Gasteiger partial charge in [0.25, 0.3) is 5.91 Å². The van der Waals surface area contributed by atoms with Crippen LogP contribution in [0.5, 0.6) is 0 Å². The number of halogens is 2. The first kappa shape index (κ1) is 21.5. The molecule has 158 valence electrons. The van der Waals surface area contributed by atoms with Gasteiger partial charge < -0.3 is 4.74 Å². The second-order valence-corrected chi connectivity index (χ2v) is 10.9. The fourth-order valence-electron chi connectivity index (χ4n) is 3.29. The van der Waals surface area contributed by atoms with E-state index >= 15 is 0 Å². The number of hydrogen-bond acceptors (Lipinski definition) is 6. The van der Waals surface area contributed by atoms with E-state index in [9.17, 15) is 13.2 Å². The molecule has 1 fully saturated rings. The van der Waals surface area contributed by atoms with Crippen molar-refractivity contribution in [2.45, 2.75) is 23.8 Å². The van der Waals surface area contributed by atoms with E-state index in [1.54, 1.807) is 24.3 Å². The highest BCUT2D eigenvalue weighted by Gasteiger charge is 2.28. The molecule has 2 aromatic carbocycles. The summed E-state index contributed by atoms with van der Waals surface area (Å²) in [7, 11) is -3.35. The Morgan fingerprint density at radius 2 is 2.07 bits per heavy atom. The van der Waals surface area contributed by atoms with Crippen molar-refractivity contribution in [3.8, 4) is 0 Å². The lowest BCUT2D eigenvalue weighted by molar-refractivity contribution is 0.0917. The molecule has 0 aliphatic carbocycles. The van der Waals surface area contributed by atoms with Gasteiger partial charge in [0.15, 0.2) is 15.0 Å². The number of fused-ring (bicyclic) bond motifs is 1. The number of sulfone groups is 1. The molecule has 4 rings (SSSR count). The van der Waals surface area contributed by atoms with Crippen molar-refractivity contribution < 1.29 is 17.9 Å². The third-order valence-electron chi connectivity index (χ3n) is 4.82. The summed E-state index contributed by atoms with van der Waals surface area (Å²) in [5.41, 5.74) is 0.892. The standard InChI is InChI=1S/C20H18Cl2N2O4S2/c1-30(26,27)14-5-7-17-18(10-14)29-20(23-17)24(11-13-3-2-8-28-13)19(25)15-9-12(21)4-6-16(15)22/h4-7,9-10,13H,2-3,8,11H2,1H3/t13-/m0/s1. The van der Waals surface area contributed by atoms with E-state index in [1.165, 1.54) is 28.4 Å². The van der Waals surface area contributed by atoms with E-state index in [2.05, 4.69) is 4.98 Å². The highest BCUT2D eigenvalue weighted by atomic mass is 35.5. The molecule has 6 nitrogen and oxygen atoms in total. The molecule has 1 aliphatic rings. The summed E-state index contributed by atoms with van der Waals surface area (Å²) < 4.78 is 30.2. The van der Waals surface area contributed by atoms with Gasteiger partial charge in [0.05, 0.1) is 38.3 Å². The molecule has 0 unspecified atom stereocenters. The number of carbonyl (C=O) groups is 1.